The van der Waals surface area contributed by atoms with Crippen molar-refractivity contribution >= 4 is 5.91 Å². The molecule has 1 aliphatic rings. The molecule has 1 amide bonds. The van der Waals surface area contributed by atoms with E-state index in [2.05, 4.69) is 39.3 Å². The van der Waals surface area contributed by atoms with Crippen molar-refractivity contribution < 1.29 is 9.63 Å². The number of carbonyl (C=O) groups excluding carboxylic acids is 1. The molecule has 1 aliphatic carbocycles. The van der Waals surface area contributed by atoms with Crippen molar-refractivity contribution in [2.45, 2.75) is 34.6 Å². The number of hydroxylamine groups is 1. The second-order valence-electron chi connectivity index (χ2n) is 4.97. The first-order chi connectivity index (χ1) is 6.91. The van der Waals surface area contributed by atoms with Crippen LogP contribution in [-0.4, -0.2) is 12.5 Å². The molecule has 0 aromatic heterocycles. The number of hydrogen-bond donors (Lipinski definition) is 1. The average Bonchev–Trinajstić information content (AvgIpc) is 2.63. The Bertz CT molecular complexity index is 277. The fourth-order valence-electron chi connectivity index (χ4n) is 2.06. The Morgan fingerprint density at radius 3 is 2.53 bits per heavy atom. The van der Waals surface area contributed by atoms with Gasteiger partial charge in [-0.3, -0.25) is 9.63 Å². The van der Waals surface area contributed by atoms with E-state index in [0.717, 1.165) is 0 Å². The molecule has 1 N–H and O–H groups in total. The molecule has 0 bridgehead atoms. The standard InChI is InChI=1S/C12H21NO2/c1-6-15-13-11(14)10-9(7-8(2)3)12(10,4)5/h7,9-10H,6H2,1-5H3,(H,13,14)/t9-,10-/m1/s1. The third-order valence-electron chi connectivity index (χ3n) is 3.02. The van der Waals surface area contributed by atoms with Crippen LogP contribution in [0.5, 0.6) is 0 Å². The minimum atomic E-state index is 0.00403. The van der Waals surface area contributed by atoms with E-state index < -0.39 is 0 Å². The maximum absolute atomic E-state index is 11.7. The highest BCUT2D eigenvalue weighted by molar-refractivity contribution is 5.82. The molecular formula is C12H21NO2. The van der Waals surface area contributed by atoms with Crippen LogP contribution >= 0.6 is 0 Å². The monoisotopic (exact) mass is 211 g/mol. The van der Waals surface area contributed by atoms with E-state index >= 15 is 0 Å². The molecule has 2 atom stereocenters. The van der Waals surface area contributed by atoms with Crippen LogP contribution in [-0.2, 0) is 9.63 Å². The smallest absolute Gasteiger partial charge is 0.247 e. The lowest BCUT2D eigenvalue weighted by Crippen LogP contribution is -2.26. The number of rotatable bonds is 4. The minimum absolute atomic E-state index is 0.00403. The van der Waals surface area contributed by atoms with Gasteiger partial charge in [0.05, 0.1) is 12.5 Å². The summed E-state index contributed by atoms with van der Waals surface area (Å²) in [4.78, 5) is 16.6. The number of carbonyl (C=O) groups is 1. The van der Waals surface area contributed by atoms with Gasteiger partial charge in [-0.15, -0.1) is 0 Å². The molecule has 3 nitrogen and oxygen atoms in total. The van der Waals surface area contributed by atoms with Crippen LogP contribution in [0.3, 0.4) is 0 Å². The summed E-state index contributed by atoms with van der Waals surface area (Å²) in [5.74, 6) is 0.409. The number of allylic oxidation sites excluding steroid dienone is 2. The highest BCUT2D eigenvalue weighted by Crippen LogP contribution is 2.59. The molecule has 0 radical (unpaired) electrons. The van der Waals surface area contributed by atoms with Gasteiger partial charge in [0.25, 0.3) is 0 Å². The van der Waals surface area contributed by atoms with Crippen LogP contribution in [0.2, 0.25) is 0 Å². The second-order valence-corrected chi connectivity index (χ2v) is 4.97. The summed E-state index contributed by atoms with van der Waals surface area (Å²) in [5.41, 5.74) is 3.82. The van der Waals surface area contributed by atoms with Gasteiger partial charge in [-0.1, -0.05) is 25.5 Å². The van der Waals surface area contributed by atoms with Crippen LogP contribution in [0, 0.1) is 17.3 Å². The van der Waals surface area contributed by atoms with Gasteiger partial charge < -0.3 is 0 Å². The summed E-state index contributed by atoms with van der Waals surface area (Å²) < 4.78 is 0. The summed E-state index contributed by atoms with van der Waals surface area (Å²) in [6, 6.07) is 0. The van der Waals surface area contributed by atoms with Crippen molar-refractivity contribution in [3.05, 3.63) is 11.6 Å². The lowest BCUT2D eigenvalue weighted by molar-refractivity contribution is -0.135. The Balaban J connectivity index is 2.58. The first-order valence-corrected chi connectivity index (χ1v) is 5.48. The third-order valence-corrected chi connectivity index (χ3v) is 3.02. The summed E-state index contributed by atoms with van der Waals surface area (Å²) >= 11 is 0. The van der Waals surface area contributed by atoms with Gasteiger partial charge in [0.1, 0.15) is 0 Å². The van der Waals surface area contributed by atoms with Crippen molar-refractivity contribution in [1.82, 2.24) is 5.48 Å². The van der Waals surface area contributed by atoms with Crippen molar-refractivity contribution in [2.24, 2.45) is 17.3 Å². The lowest BCUT2D eigenvalue weighted by Gasteiger charge is -2.03. The van der Waals surface area contributed by atoms with Crippen LogP contribution in [0.15, 0.2) is 11.6 Å². The van der Waals surface area contributed by atoms with Crippen LogP contribution in [0.4, 0.5) is 0 Å². The summed E-state index contributed by atoms with van der Waals surface area (Å²) in [7, 11) is 0. The van der Waals surface area contributed by atoms with Gasteiger partial charge in [0.15, 0.2) is 0 Å². The number of nitrogens with one attached hydrogen (secondary N) is 1. The van der Waals surface area contributed by atoms with E-state index in [9.17, 15) is 4.79 Å². The number of amides is 1. The van der Waals surface area contributed by atoms with Crippen LogP contribution < -0.4 is 5.48 Å². The lowest BCUT2D eigenvalue weighted by atomic mass is 10.1. The molecule has 1 rings (SSSR count). The van der Waals surface area contributed by atoms with Crippen molar-refractivity contribution in [3.8, 4) is 0 Å². The van der Waals surface area contributed by atoms with Crippen molar-refractivity contribution in [1.29, 1.82) is 0 Å². The fraction of sp³-hybridized carbons (Fsp3) is 0.750. The molecule has 0 saturated heterocycles. The Labute approximate surface area is 91.8 Å². The average molecular weight is 211 g/mol. The van der Waals surface area contributed by atoms with Gasteiger partial charge in [-0.25, -0.2) is 5.48 Å². The van der Waals surface area contributed by atoms with Crippen LogP contribution in [0.25, 0.3) is 0 Å². The van der Waals surface area contributed by atoms with Gasteiger partial charge in [-0.2, -0.15) is 0 Å². The third kappa shape index (κ3) is 2.59. The molecule has 1 saturated carbocycles. The second kappa shape index (κ2) is 4.35. The molecular weight excluding hydrogens is 190 g/mol. The van der Waals surface area contributed by atoms with E-state index in [1.54, 1.807) is 0 Å². The summed E-state index contributed by atoms with van der Waals surface area (Å²) in [6.45, 7) is 10.7. The largest absolute Gasteiger partial charge is 0.274 e. The Hall–Kier alpha value is -0.830. The predicted molar refractivity (Wildman–Crippen MR) is 60.0 cm³/mol. The normalized spacial score (nSPS) is 27.0. The van der Waals surface area contributed by atoms with E-state index in [-0.39, 0.29) is 17.2 Å². The van der Waals surface area contributed by atoms with Crippen LogP contribution in [0.1, 0.15) is 34.6 Å². The summed E-state index contributed by atoms with van der Waals surface area (Å²) in [5, 5.41) is 0. The Morgan fingerprint density at radius 1 is 1.47 bits per heavy atom. The molecule has 3 heteroatoms. The molecule has 0 spiro atoms. The Morgan fingerprint density at radius 2 is 2.07 bits per heavy atom. The summed E-state index contributed by atoms with van der Waals surface area (Å²) in [6.07, 6.45) is 2.18. The molecule has 15 heavy (non-hydrogen) atoms. The SMILES string of the molecule is CCONC(=O)[C@H]1[C@@H](C=C(C)C)C1(C)C. The molecule has 86 valence electrons. The predicted octanol–water partition coefficient (Wildman–Crippen LogP) is 2.29. The first-order valence-electron chi connectivity index (χ1n) is 5.48. The minimum Gasteiger partial charge on any atom is -0.274 e. The van der Waals surface area contributed by atoms with Gasteiger partial charge in [0, 0.05) is 0 Å². The van der Waals surface area contributed by atoms with E-state index in [0.29, 0.717) is 12.5 Å². The van der Waals surface area contributed by atoms with E-state index in [1.807, 2.05) is 6.92 Å². The first kappa shape index (κ1) is 12.2. The Kier molecular flexibility index (Phi) is 3.55. The molecule has 0 aliphatic heterocycles. The molecule has 0 aromatic carbocycles. The fourth-order valence-corrected chi connectivity index (χ4v) is 2.06. The number of hydrogen-bond acceptors (Lipinski definition) is 2. The van der Waals surface area contributed by atoms with Gasteiger partial charge >= 0.3 is 0 Å². The molecule has 1 fully saturated rings. The highest BCUT2D eigenvalue weighted by atomic mass is 16.6. The van der Waals surface area contributed by atoms with Gasteiger partial charge in [-0.05, 0) is 32.1 Å². The van der Waals surface area contributed by atoms with E-state index in [4.69, 9.17) is 4.84 Å². The quantitative estimate of drug-likeness (QED) is 0.572. The van der Waals surface area contributed by atoms with E-state index in [1.165, 1.54) is 5.57 Å². The van der Waals surface area contributed by atoms with Crippen molar-refractivity contribution in [2.75, 3.05) is 6.61 Å². The van der Waals surface area contributed by atoms with Crippen molar-refractivity contribution in [3.63, 3.8) is 0 Å². The zero-order chi connectivity index (χ0) is 11.6. The molecule has 0 aromatic rings. The topological polar surface area (TPSA) is 38.3 Å². The molecule has 0 heterocycles. The zero-order valence-electron chi connectivity index (χ0n) is 10.3. The zero-order valence-corrected chi connectivity index (χ0v) is 10.3. The highest BCUT2D eigenvalue weighted by Gasteiger charge is 2.60. The maximum atomic E-state index is 11.7. The molecule has 0 unspecified atom stereocenters. The maximum Gasteiger partial charge on any atom is 0.247 e. The van der Waals surface area contributed by atoms with Gasteiger partial charge in [0.2, 0.25) is 5.91 Å².